The number of rotatable bonds is 4. The smallest absolute Gasteiger partial charge is 0.191 e. The van der Waals surface area contributed by atoms with Gasteiger partial charge in [-0.05, 0) is 49.1 Å². The number of halogens is 1. The maximum absolute atomic E-state index is 4.32. The average molecular weight is 422 g/mol. The van der Waals surface area contributed by atoms with Gasteiger partial charge in [-0.15, -0.1) is 24.0 Å². The molecule has 2 rings (SSSR count). The summed E-state index contributed by atoms with van der Waals surface area (Å²) in [5.41, 5.74) is 1.31. The second-order valence-electron chi connectivity index (χ2n) is 5.61. The van der Waals surface area contributed by atoms with Crippen LogP contribution in [-0.2, 0) is 6.54 Å². The summed E-state index contributed by atoms with van der Waals surface area (Å²) < 4.78 is 0. The molecule has 4 nitrogen and oxygen atoms in total. The molecule has 0 saturated carbocycles. The van der Waals surface area contributed by atoms with Gasteiger partial charge in [0.25, 0.3) is 0 Å². The minimum Gasteiger partial charge on any atom is -0.354 e. The van der Waals surface area contributed by atoms with Crippen LogP contribution in [-0.4, -0.2) is 43.1 Å². The summed E-state index contributed by atoms with van der Waals surface area (Å²) in [5, 5.41) is 11.2. The van der Waals surface area contributed by atoms with Crippen LogP contribution in [0.25, 0.3) is 0 Å². The van der Waals surface area contributed by atoms with Gasteiger partial charge >= 0.3 is 0 Å². The minimum absolute atomic E-state index is 0. The number of piperidine rings is 1. The Morgan fingerprint density at radius 1 is 1.43 bits per heavy atom. The fourth-order valence-electron chi connectivity index (χ4n) is 2.53. The van der Waals surface area contributed by atoms with E-state index in [4.69, 9.17) is 0 Å². The van der Waals surface area contributed by atoms with Gasteiger partial charge < -0.3 is 15.5 Å². The third-order valence-electron chi connectivity index (χ3n) is 3.86. The fourth-order valence-corrected chi connectivity index (χ4v) is 3.20. The van der Waals surface area contributed by atoms with E-state index in [-0.39, 0.29) is 24.0 Å². The Labute approximate surface area is 149 Å². The molecule has 1 saturated heterocycles. The van der Waals surface area contributed by atoms with Crippen molar-refractivity contribution in [2.75, 3.05) is 20.1 Å². The molecule has 2 heterocycles. The first kappa shape index (κ1) is 18.7. The molecule has 0 bridgehead atoms. The molecule has 0 spiro atoms. The summed E-state index contributed by atoms with van der Waals surface area (Å²) in [6.07, 6.45) is 2.38. The van der Waals surface area contributed by atoms with E-state index in [2.05, 4.69) is 51.2 Å². The van der Waals surface area contributed by atoms with Gasteiger partial charge in [-0.25, -0.2) is 0 Å². The molecule has 2 N–H and O–H groups in total. The first-order chi connectivity index (χ1) is 9.69. The zero-order chi connectivity index (χ0) is 14.4. The van der Waals surface area contributed by atoms with Gasteiger partial charge in [-0.1, -0.05) is 0 Å². The normalized spacial score (nSPS) is 17.6. The van der Waals surface area contributed by atoms with E-state index in [9.17, 15) is 0 Å². The zero-order valence-electron chi connectivity index (χ0n) is 13.1. The summed E-state index contributed by atoms with van der Waals surface area (Å²) >= 11 is 1.73. The number of thiophene rings is 1. The Kier molecular flexibility index (Phi) is 8.58. The summed E-state index contributed by atoms with van der Waals surface area (Å²) in [5.74, 6) is 0.916. The highest BCUT2D eigenvalue weighted by molar-refractivity contribution is 14.0. The topological polar surface area (TPSA) is 39.7 Å². The SMILES string of the molecule is CN=C(NCc1ccsc1)NC1CCN(C(C)C)CC1.I. The molecule has 1 aliphatic heterocycles. The number of nitrogens with one attached hydrogen (secondary N) is 2. The van der Waals surface area contributed by atoms with E-state index in [1.54, 1.807) is 11.3 Å². The Hall–Kier alpha value is -0.340. The van der Waals surface area contributed by atoms with Gasteiger partial charge in [-0.2, -0.15) is 11.3 Å². The molecule has 0 amide bonds. The summed E-state index contributed by atoms with van der Waals surface area (Å²) in [6, 6.07) is 3.34. The van der Waals surface area contributed by atoms with Gasteiger partial charge in [0.05, 0.1) is 0 Å². The van der Waals surface area contributed by atoms with E-state index in [1.165, 1.54) is 31.5 Å². The highest BCUT2D eigenvalue weighted by atomic mass is 127. The maximum atomic E-state index is 4.32. The van der Waals surface area contributed by atoms with Crippen molar-refractivity contribution in [1.82, 2.24) is 15.5 Å². The van der Waals surface area contributed by atoms with Crippen molar-refractivity contribution in [3.63, 3.8) is 0 Å². The molecule has 1 aliphatic rings. The molecular weight excluding hydrogens is 395 g/mol. The van der Waals surface area contributed by atoms with Crippen molar-refractivity contribution in [3.05, 3.63) is 22.4 Å². The lowest BCUT2D eigenvalue weighted by atomic mass is 10.0. The highest BCUT2D eigenvalue weighted by Crippen LogP contribution is 2.12. The number of hydrogen-bond acceptors (Lipinski definition) is 3. The van der Waals surface area contributed by atoms with Crippen molar-refractivity contribution in [2.24, 2.45) is 4.99 Å². The molecule has 1 aromatic heterocycles. The number of guanidine groups is 1. The predicted molar refractivity (Wildman–Crippen MR) is 103 cm³/mol. The third kappa shape index (κ3) is 6.12. The van der Waals surface area contributed by atoms with Crippen LogP contribution in [0.15, 0.2) is 21.8 Å². The predicted octanol–water partition coefficient (Wildman–Crippen LogP) is 2.90. The van der Waals surface area contributed by atoms with E-state index < -0.39 is 0 Å². The second kappa shape index (κ2) is 9.63. The Morgan fingerprint density at radius 3 is 2.67 bits per heavy atom. The van der Waals surface area contributed by atoms with Gasteiger partial charge in [0, 0.05) is 38.8 Å². The van der Waals surface area contributed by atoms with Gasteiger partial charge in [0.1, 0.15) is 0 Å². The third-order valence-corrected chi connectivity index (χ3v) is 4.60. The second-order valence-corrected chi connectivity index (χ2v) is 6.39. The lowest BCUT2D eigenvalue weighted by Crippen LogP contribution is -2.49. The van der Waals surface area contributed by atoms with Crippen molar-refractivity contribution < 1.29 is 0 Å². The molecule has 0 radical (unpaired) electrons. The molecule has 0 aromatic carbocycles. The minimum atomic E-state index is 0. The van der Waals surface area contributed by atoms with Crippen LogP contribution < -0.4 is 10.6 Å². The Balaban J connectivity index is 0.00000220. The van der Waals surface area contributed by atoms with Crippen LogP contribution in [0.5, 0.6) is 0 Å². The lowest BCUT2D eigenvalue weighted by molar-refractivity contribution is 0.167. The maximum Gasteiger partial charge on any atom is 0.191 e. The first-order valence-electron chi connectivity index (χ1n) is 7.41. The molecule has 0 unspecified atom stereocenters. The van der Waals surface area contributed by atoms with Crippen LogP contribution in [0.2, 0.25) is 0 Å². The molecule has 120 valence electrons. The molecule has 0 aliphatic carbocycles. The van der Waals surface area contributed by atoms with Crippen molar-refractivity contribution >= 4 is 41.3 Å². The van der Waals surface area contributed by atoms with E-state index >= 15 is 0 Å². The van der Waals surface area contributed by atoms with E-state index in [0.29, 0.717) is 12.1 Å². The van der Waals surface area contributed by atoms with Crippen molar-refractivity contribution in [3.8, 4) is 0 Å². The molecule has 1 aromatic rings. The zero-order valence-corrected chi connectivity index (χ0v) is 16.3. The lowest BCUT2D eigenvalue weighted by Gasteiger charge is -2.35. The van der Waals surface area contributed by atoms with E-state index in [0.717, 1.165) is 12.5 Å². The standard InChI is InChI=1S/C15H26N4S.HI/c1-12(2)19-7-4-14(5-8-19)18-15(16-3)17-10-13-6-9-20-11-13;/h6,9,11-12,14H,4-5,7-8,10H2,1-3H3,(H2,16,17,18);1H. The van der Waals surface area contributed by atoms with Crippen LogP contribution in [0.4, 0.5) is 0 Å². The first-order valence-corrected chi connectivity index (χ1v) is 8.35. The summed E-state index contributed by atoms with van der Waals surface area (Å²) in [7, 11) is 1.84. The Bertz CT molecular complexity index is 411. The van der Waals surface area contributed by atoms with Crippen LogP contribution >= 0.6 is 35.3 Å². The monoisotopic (exact) mass is 422 g/mol. The van der Waals surface area contributed by atoms with Crippen molar-refractivity contribution in [2.45, 2.75) is 45.3 Å². The quantitative estimate of drug-likeness (QED) is 0.446. The van der Waals surface area contributed by atoms with Gasteiger partial charge in [0.2, 0.25) is 0 Å². The van der Waals surface area contributed by atoms with E-state index in [1.807, 2.05) is 7.05 Å². The van der Waals surface area contributed by atoms with Crippen LogP contribution in [0.3, 0.4) is 0 Å². The molecule has 6 heteroatoms. The van der Waals surface area contributed by atoms with Gasteiger partial charge in [-0.3, -0.25) is 4.99 Å². The molecule has 21 heavy (non-hydrogen) atoms. The van der Waals surface area contributed by atoms with Gasteiger partial charge in [0.15, 0.2) is 5.96 Å². The average Bonchev–Trinajstić information content (AvgIpc) is 2.97. The van der Waals surface area contributed by atoms with Crippen molar-refractivity contribution in [1.29, 1.82) is 0 Å². The Morgan fingerprint density at radius 2 is 2.14 bits per heavy atom. The van der Waals surface area contributed by atoms with Crippen LogP contribution in [0.1, 0.15) is 32.3 Å². The summed E-state index contributed by atoms with van der Waals surface area (Å²) in [4.78, 5) is 6.86. The molecule has 1 fully saturated rings. The molecule has 0 atom stereocenters. The number of hydrogen-bond donors (Lipinski definition) is 2. The molecular formula is C15H27IN4S. The fraction of sp³-hybridized carbons (Fsp3) is 0.667. The number of nitrogens with zero attached hydrogens (tertiary/aromatic N) is 2. The highest BCUT2D eigenvalue weighted by Gasteiger charge is 2.21. The number of likely N-dealkylation sites (tertiary alicyclic amines) is 1. The number of aliphatic imine (C=N–C) groups is 1. The van der Waals surface area contributed by atoms with Crippen LogP contribution in [0, 0.1) is 0 Å². The summed E-state index contributed by atoms with van der Waals surface area (Å²) in [6.45, 7) is 7.74. The largest absolute Gasteiger partial charge is 0.354 e.